The van der Waals surface area contributed by atoms with Crippen molar-refractivity contribution in [2.45, 2.75) is 6.54 Å². The Kier molecular flexibility index (Phi) is 4.67. The van der Waals surface area contributed by atoms with Gasteiger partial charge in [0.05, 0.1) is 43.3 Å². The number of aromatic nitrogens is 2. The Labute approximate surface area is 93.1 Å². The molecule has 0 fully saturated rings. The van der Waals surface area contributed by atoms with Crippen LogP contribution in [0.25, 0.3) is 0 Å². The lowest BCUT2D eigenvalue weighted by molar-refractivity contribution is 0.330. The van der Waals surface area contributed by atoms with Gasteiger partial charge in [-0.25, -0.2) is 10.8 Å². The summed E-state index contributed by atoms with van der Waals surface area (Å²) in [5.74, 6) is 5.62. The Morgan fingerprint density at radius 3 is 2.38 bits per heavy atom. The fraction of sp³-hybridized carbons (Fsp3) is 0.333. The van der Waals surface area contributed by atoms with E-state index in [4.69, 9.17) is 16.4 Å². The average Bonchev–Trinajstić information content (AvgIpc) is 2.31. The predicted molar refractivity (Wildman–Crippen MR) is 56.3 cm³/mol. The number of hydrogen-bond donors (Lipinski definition) is 2. The van der Waals surface area contributed by atoms with Crippen LogP contribution in [0.5, 0.6) is 0 Å². The standard InChI is InChI=1S/C9H11N7/c10-1-3-16(4-2-11)7-8-5-14-9(15-12)6-13-8/h5-6H,3-4,7,12H2,(H,14,15). The second kappa shape index (κ2) is 6.30. The van der Waals surface area contributed by atoms with Gasteiger partial charge in [0.2, 0.25) is 0 Å². The topological polar surface area (TPSA) is 115 Å². The highest BCUT2D eigenvalue weighted by Gasteiger charge is 2.06. The third-order valence-electron chi connectivity index (χ3n) is 1.83. The highest BCUT2D eigenvalue weighted by Crippen LogP contribution is 2.02. The quantitative estimate of drug-likeness (QED) is 0.392. The molecule has 1 heterocycles. The summed E-state index contributed by atoms with van der Waals surface area (Å²) < 4.78 is 0. The molecule has 16 heavy (non-hydrogen) atoms. The molecule has 82 valence electrons. The SMILES string of the molecule is N#CCN(CC#N)Cc1cnc(NN)cn1. The third-order valence-corrected chi connectivity index (χ3v) is 1.83. The molecule has 0 radical (unpaired) electrons. The second-order valence-electron chi connectivity index (χ2n) is 3.00. The first-order chi connectivity index (χ1) is 7.80. The van der Waals surface area contributed by atoms with E-state index in [0.717, 1.165) is 0 Å². The molecule has 0 unspecified atom stereocenters. The number of nitrogens with two attached hydrogens (primary N) is 1. The molecule has 0 aliphatic carbocycles. The maximum Gasteiger partial charge on any atom is 0.158 e. The molecular weight excluding hydrogens is 206 g/mol. The largest absolute Gasteiger partial charge is 0.307 e. The number of nitrogen functional groups attached to an aromatic ring is 1. The predicted octanol–water partition coefficient (Wildman–Crippen LogP) is -0.389. The van der Waals surface area contributed by atoms with E-state index in [9.17, 15) is 0 Å². The van der Waals surface area contributed by atoms with Gasteiger partial charge < -0.3 is 5.43 Å². The molecule has 0 aromatic carbocycles. The number of nitriles is 2. The Hall–Kier alpha value is -2.22. The van der Waals surface area contributed by atoms with Crippen LogP contribution >= 0.6 is 0 Å². The van der Waals surface area contributed by atoms with E-state index in [1.165, 1.54) is 6.20 Å². The normalized spacial score (nSPS) is 9.50. The summed E-state index contributed by atoms with van der Waals surface area (Å²) in [5, 5.41) is 17.1. The van der Waals surface area contributed by atoms with Crippen LogP contribution < -0.4 is 11.3 Å². The fourth-order valence-corrected chi connectivity index (χ4v) is 1.11. The van der Waals surface area contributed by atoms with E-state index in [-0.39, 0.29) is 13.1 Å². The van der Waals surface area contributed by atoms with Crippen molar-refractivity contribution in [3.05, 3.63) is 18.1 Å². The lowest BCUT2D eigenvalue weighted by Crippen LogP contribution is -2.24. The number of nitrogens with zero attached hydrogens (tertiary/aromatic N) is 5. The molecule has 0 spiro atoms. The van der Waals surface area contributed by atoms with E-state index in [0.29, 0.717) is 18.1 Å². The summed E-state index contributed by atoms with van der Waals surface area (Å²) in [7, 11) is 0. The number of rotatable bonds is 5. The zero-order valence-corrected chi connectivity index (χ0v) is 8.59. The summed E-state index contributed by atoms with van der Waals surface area (Å²) in [6, 6.07) is 3.98. The lowest BCUT2D eigenvalue weighted by atomic mass is 10.4. The Bertz CT molecular complexity index is 383. The first kappa shape index (κ1) is 11.9. The minimum Gasteiger partial charge on any atom is -0.307 e. The van der Waals surface area contributed by atoms with Crippen LogP contribution in [0.15, 0.2) is 12.4 Å². The van der Waals surface area contributed by atoms with E-state index < -0.39 is 0 Å². The minimum atomic E-state index is 0.187. The van der Waals surface area contributed by atoms with Crippen LogP contribution in [-0.4, -0.2) is 28.0 Å². The molecule has 3 N–H and O–H groups in total. The van der Waals surface area contributed by atoms with Crippen LogP contribution in [0.2, 0.25) is 0 Å². The minimum absolute atomic E-state index is 0.187. The molecule has 0 saturated heterocycles. The molecular formula is C9H11N7. The summed E-state index contributed by atoms with van der Waals surface area (Å²) in [5.41, 5.74) is 3.05. The van der Waals surface area contributed by atoms with Crippen molar-refractivity contribution in [1.29, 1.82) is 10.5 Å². The van der Waals surface area contributed by atoms with Gasteiger partial charge in [0.25, 0.3) is 0 Å². The number of hydrazine groups is 1. The van der Waals surface area contributed by atoms with Crippen molar-refractivity contribution >= 4 is 5.82 Å². The molecule has 1 rings (SSSR count). The maximum absolute atomic E-state index is 8.56. The molecule has 0 atom stereocenters. The van der Waals surface area contributed by atoms with Crippen molar-refractivity contribution in [3.8, 4) is 12.1 Å². The molecule has 1 aromatic heterocycles. The zero-order valence-electron chi connectivity index (χ0n) is 8.59. The summed E-state index contributed by atoms with van der Waals surface area (Å²) in [6.45, 7) is 0.789. The Morgan fingerprint density at radius 1 is 1.25 bits per heavy atom. The van der Waals surface area contributed by atoms with Gasteiger partial charge in [-0.15, -0.1) is 0 Å². The summed E-state index contributed by atoms with van der Waals surface area (Å²) >= 11 is 0. The van der Waals surface area contributed by atoms with E-state index >= 15 is 0 Å². The van der Waals surface area contributed by atoms with Crippen LogP contribution in [-0.2, 0) is 6.54 Å². The molecule has 0 aliphatic rings. The monoisotopic (exact) mass is 217 g/mol. The maximum atomic E-state index is 8.56. The highest BCUT2D eigenvalue weighted by atomic mass is 15.3. The molecule has 7 heteroatoms. The van der Waals surface area contributed by atoms with Gasteiger partial charge in [0, 0.05) is 6.54 Å². The van der Waals surface area contributed by atoms with Crippen LogP contribution in [0.3, 0.4) is 0 Å². The van der Waals surface area contributed by atoms with Gasteiger partial charge in [0.1, 0.15) is 0 Å². The van der Waals surface area contributed by atoms with Crippen molar-refractivity contribution in [2.24, 2.45) is 5.84 Å². The van der Waals surface area contributed by atoms with Crippen LogP contribution in [0, 0.1) is 22.7 Å². The van der Waals surface area contributed by atoms with E-state index in [2.05, 4.69) is 15.4 Å². The lowest BCUT2D eigenvalue weighted by Gasteiger charge is -2.13. The smallest absolute Gasteiger partial charge is 0.158 e. The molecule has 1 aromatic rings. The Balaban J connectivity index is 2.63. The van der Waals surface area contributed by atoms with Gasteiger partial charge in [0.15, 0.2) is 5.82 Å². The van der Waals surface area contributed by atoms with Crippen molar-refractivity contribution < 1.29 is 0 Å². The third kappa shape index (κ3) is 3.50. The number of hydrogen-bond acceptors (Lipinski definition) is 7. The Morgan fingerprint density at radius 2 is 1.94 bits per heavy atom. The molecule has 0 bridgehead atoms. The highest BCUT2D eigenvalue weighted by molar-refractivity contribution is 5.28. The first-order valence-corrected chi connectivity index (χ1v) is 4.54. The van der Waals surface area contributed by atoms with Crippen LogP contribution in [0.4, 0.5) is 5.82 Å². The fourth-order valence-electron chi connectivity index (χ4n) is 1.11. The van der Waals surface area contributed by atoms with Gasteiger partial charge in [-0.3, -0.25) is 9.88 Å². The zero-order chi connectivity index (χ0) is 11.8. The van der Waals surface area contributed by atoms with Crippen molar-refractivity contribution in [1.82, 2.24) is 14.9 Å². The summed E-state index contributed by atoms with van der Waals surface area (Å²) in [4.78, 5) is 9.73. The number of nitrogens with one attached hydrogen (secondary N) is 1. The average molecular weight is 217 g/mol. The first-order valence-electron chi connectivity index (χ1n) is 4.54. The van der Waals surface area contributed by atoms with Gasteiger partial charge in [-0.2, -0.15) is 10.5 Å². The molecule has 0 saturated carbocycles. The van der Waals surface area contributed by atoms with Gasteiger partial charge >= 0.3 is 0 Å². The van der Waals surface area contributed by atoms with E-state index in [1.807, 2.05) is 12.1 Å². The summed E-state index contributed by atoms with van der Waals surface area (Å²) in [6.07, 6.45) is 3.04. The van der Waals surface area contributed by atoms with Crippen molar-refractivity contribution in [3.63, 3.8) is 0 Å². The van der Waals surface area contributed by atoms with Crippen molar-refractivity contribution in [2.75, 3.05) is 18.5 Å². The van der Waals surface area contributed by atoms with Gasteiger partial charge in [-0.1, -0.05) is 0 Å². The van der Waals surface area contributed by atoms with Crippen LogP contribution in [0.1, 0.15) is 5.69 Å². The molecule has 7 nitrogen and oxygen atoms in total. The molecule has 0 aliphatic heterocycles. The van der Waals surface area contributed by atoms with Gasteiger partial charge in [-0.05, 0) is 0 Å². The number of anilines is 1. The van der Waals surface area contributed by atoms with E-state index in [1.54, 1.807) is 11.1 Å². The molecule has 0 amide bonds. The second-order valence-corrected chi connectivity index (χ2v) is 3.00.